The molecule has 0 saturated heterocycles. The Bertz CT molecular complexity index is 1630. The molecule has 3 heterocycles. The topological polar surface area (TPSA) is 75.5 Å². The predicted molar refractivity (Wildman–Crippen MR) is 132 cm³/mol. The van der Waals surface area contributed by atoms with Gasteiger partial charge < -0.3 is 9.30 Å². The average molecular weight is 456 g/mol. The summed E-state index contributed by atoms with van der Waals surface area (Å²) in [6.45, 7) is 2.74. The number of methoxy groups -OCH3 is 1. The average Bonchev–Trinajstić information content (AvgIpc) is 3.36. The molecule has 0 saturated carbocycles. The van der Waals surface area contributed by atoms with E-state index in [0.717, 1.165) is 22.6 Å². The van der Waals surface area contributed by atoms with E-state index >= 15 is 0 Å². The zero-order chi connectivity index (χ0) is 23.8. The van der Waals surface area contributed by atoms with Crippen molar-refractivity contribution >= 4 is 23.0 Å². The van der Waals surface area contributed by atoms with Crippen LogP contribution < -0.4 is 16.0 Å². The summed E-state index contributed by atoms with van der Waals surface area (Å²) in [4.78, 5) is 31.1. The van der Waals surface area contributed by atoms with E-state index in [9.17, 15) is 9.59 Å². The summed E-state index contributed by atoms with van der Waals surface area (Å²) in [5, 5.41) is 0. The fourth-order valence-corrected chi connectivity index (χ4v) is 4.18. The van der Waals surface area contributed by atoms with Crippen LogP contribution in [0.25, 0.3) is 23.0 Å². The Balaban J connectivity index is 1.59. The molecule has 0 atom stereocenters. The molecule has 8 heteroatoms. The first kappa shape index (κ1) is 21.5. The van der Waals surface area contributed by atoms with Crippen molar-refractivity contribution in [1.29, 1.82) is 0 Å². The molecular formula is C26H25N5O3. The fourth-order valence-electron chi connectivity index (χ4n) is 4.18. The fraction of sp³-hybridized carbons (Fsp3) is 0.192. The number of imidazole rings is 2. The van der Waals surface area contributed by atoms with Gasteiger partial charge in [-0.15, -0.1) is 0 Å². The Labute approximate surface area is 195 Å². The molecule has 0 bridgehead atoms. The summed E-state index contributed by atoms with van der Waals surface area (Å²) in [5.74, 6) is 1.41. The van der Waals surface area contributed by atoms with Gasteiger partial charge in [0.25, 0.3) is 5.56 Å². The minimum atomic E-state index is -0.394. The van der Waals surface area contributed by atoms with Gasteiger partial charge in [0.2, 0.25) is 5.78 Å². The van der Waals surface area contributed by atoms with E-state index in [1.807, 2.05) is 84.4 Å². The number of aromatic nitrogens is 5. The smallest absolute Gasteiger partial charge is 0.332 e. The van der Waals surface area contributed by atoms with Crippen molar-refractivity contribution in [2.24, 2.45) is 7.05 Å². The molecule has 172 valence electrons. The van der Waals surface area contributed by atoms with Crippen LogP contribution in [0.15, 0.2) is 76.5 Å². The molecule has 5 aromatic rings. The molecule has 0 aliphatic rings. The Kier molecular flexibility index (Phi) is 5.41. The highest BCUT2D eigenvalue weighted by Gasteiger charge is 2.20. The molecule has 0 amide bonds. The molecule has 0 aliphatic heterocycles. The van der Waals surface area contributed by atoms with E-state index in [4.69, 9.17) is 4.74 Å². The minimum absolute atomic E-state index is 0.176. The molecule has 0 aliphatic carbocycles. The van der Waals surface area contributed by atoms with Gasteiger partial charge in [0.1, 0.15) is 5.75 Å². The number of hydrogen-bond acceptors (Lipinski definition) is 4. The van der Waals surface area contributed by atoms with Gasteiger partial charge in [0, 0.05) is 25.5 Å². The van der Waals surface area contributed by atoms with Gasteiger partial charge in [0.15, 0.2) is 11.2 Å². The lowest BCUT2D eigenvalue weighted by Gasteiger charge is -2.07. The van der Waals surface area contributed by atoms with Gasteiger partial charge in [-0.3, -0.25) is 18.3 Å². The van der Waals surface area contributed by atoms with Crippen molar-refractivity contribution < 1.29 is 4.74 Å². The molecule has 0 unspecified atom stereocenters. The highest BCUT2D eigenvalue weighted by molar-refractivity contribution is 5.75. The van der Waals surface area contributed by atoms with Crippen LogP contribution in [-0.4, -0.2) is 30.2 Å². The Morgan fingerprint density at radius 1 is 1.00 bits per heavy atom. The SMILES string of the molecule is COc1ccc(Cn2c(C)cn3c4c(=O)n(C/C=C\c5ccccc5)c(=O)n(C)c4nc23)cc1. The third-order valence-electron chi connectivity index (χ3n) is 6.04. The summed E-state index contributed by atoms with van der Waals surface area (Å²) in [5.41, 5.74) is 3.06. The van der Waals surface area contributed by atoms with Crippen molar-refractivity contribution in [3.63, 3.8) is 0 Å². The number of ether oxygens (including phenoxy) is 1. The van der Waals surface area contributed by atoms with Crippen LogP contribution in [-0.2, 0) is 20.1 Å². The summed E-state index contributed by atoms with van der Waals surface area (Å²) >= 11 is 0. The Morgan fingerprint density at radius 2 is 1.74 bits per heavy atom. The molecule has 0 N–H and O–H groups in total. The van der Waals surface area contributed by atoms with Crippen LogP contribution in [0.5, 0.6) is 5.75 Å². The number of allylic oxidation sites excluding steroid dienone is 1. The lowest BCUT2D eigenvalue weighted by Crippen LogP contribution is -2.39. The van der Waals surface area contributed by atoms with Crippen molar-refractivity contribution in [2.45, 2.75) is 20.0 Å². The Hall–Kier alpha value is -4.33. The van der Waals surface area contributed by atoms with Crippen molar-refractivity contribution in [3.8, 4) is 5.75 Å². The van der Waals surface area contributed by atoms with Gasteiger partial charge in [-0.2, -0.15) is 4.98 Å². The summed E-state index contributed by atoms with van der Waals surface area (Å²) in [6, 6.07) is 17.6. The van der Waals surface area contributed by atoms with Crippen LogP contribution in [0.3, 0.4) is 0 Å². The second-order valence-electron chi connectivity index (χ2n) is 8.23. The lowest BCUT2D eigenvalue weighted by atomic mass is 10.2. The summed E-state index contributed by atoms with van der Waals surface area (Å²) in [6.07, 6.45) is 5.62. The van der Waals surface area contributed by atoms with Gasteiger partial charge in [0.05, 0.1) is 13.7 Å². The first-order chi connectivity index (χ1) is 16.5. The van der Waals surface area contributed by atoms with E-state index in [2.05, 4.69) is 4.98 Å². The summed E-state index contributed by atoms with van der Waals surface area (Å²) < 4.78 is 11.7. The monoisotopic (exact) mass is 455 g/mol. The maximum Gasteiger partial charge on any atom is 0.332 e. The molecule has 3 aromatic heterocycles. The number of aryl methyl sites for hydroxylation is 2. The van der Waals surface area contributed by atoms with E-state index in [0.29, 0.717) is 23.5 Å². The maximum atomic E-state index is 13.4. The van der Waals surface area contributed by atoms with E-state index in [1.165, 1.54) is 9.13 Å². The lowest BCUT2D eigenvalue weighted by molar-refractivity contribution is 0.414. The first-order valence-corrected chi connectivity index (χ1v) is 11.0. The van der Waals surface area contributed by atoms with Crippen molar-refractivity contribution in [1.82, 2.24) is 23.1 Å². The second-order valence-corrected chi connectivity index (χ2v) is 8.23. The molecule has 2 aromatic carbocycles. The number of hydrogen-bond donors (Lipinski definition) is 0. The van der Waals surface area contributed by atoms with Gasteiger partial charge in [-0.05, 0) is 30.2 Å². The molecule has 0 spiro atoms. The maximum absolute atomic E-state index is 13.4. The Morgan fingerprint density at radius 3 is 2.44 bits per heavy atom. The largest absolute Gasteiger partial charge is 0.497 e. The zero-order valence-electron chi connectivity index (χ0n) is 19.3. The molecule has 8 nitrogen and oxygen atoms in total. The van der Waals surface area contributed by atoms with Crippen molar-refractivity contribution in [2.75, 3.05) is 7.11 Å². The molecule has 0 radical (unpaired) electrons. The zero-order valence-corrected chi connectivity index (χ0v) is 19.3. The number of rotatable bonds is 6. The second kappa shape index (κ2) is 8.55. The van der Waals surface area contributed by atoms with E-state index < -0.39 is 5.69 Å². The van der Waals surface area contributed by atoms with E-state index in [1.54, 1.807) is 18.6 Å². The number of benzene rings is 2. The number of fused-ring (bicyclic) bond motifs is 3. The predicted octanol–water partition coefficient (Wildman–Crippen LogP) is 3.23. The number of nitrogens with zero attached hydrogens (tertiary/aromatic N) is 5. The molecule has 5 rings (SSSR count). The first-order valence-electron chi connectivity index (χ1n) is 11.0. The highest BCUT2D eigenvalue weighted by Crippen LogP contribution is 2.19. The quantitative estimate of drug-likeness (QED) is 0.394. The molecular weight excluding hydrogens is 430 g/mol. The standard InChI is InChI=1S/C26H25N5O3/c1-18-16-31-22-23(27-25(31)30(18)17-20-11-13-21(34-3)14-12-20)28(2)26(33)29(24(22)32)15-7-10-19-8-5-4-6-9-19/h4-14,16H,15,17H2,1-3H3/b10-7-. The van der Waals surface area contributed by atoms with Crippen LogP contribution in [0.4, 0.5) is 0 Å². The van der Waals surface area contributed by atoms with Gasteiger partial charge >= 0.3 is 5.69 Å². The normalized spacial score (nSPS) is 11.7. The third-order valence-corrected chi connectivity index (χ3v) is 6.04. The minimum Gasteiger partial charge on any atom is -0.497 e. The van der Waals surface area contributed by atoms with Crippen molar-refractivity contribution in [3.05, 3.63) is 105 Å². The highest BCUT2D eigenvalue weighted by atomic mass is 16.5. The molecule has 0 fully saturated rings. The summed E-state index contributed by atoms with van der Waals surface area (Å²) in [7, 11) is 3.29. The van der Waals surface area contributed by atoms with Crippen LogP contribution in [0, 0.1) is 6.92 Å². The van der Waals surface area contributed by atoms with E-state index in [-0.39, 0.29) is 12.1 Å². The van der Waals surface area contributed by atoms with Crippen LogP contribution >= 0.6 is 0 Å². The van der Waals surface area contributed by atoms with Gasteiger partial charge in [-0.1, -0.05) is 54.6 Å². The van der Waals surface area contributed by atoms with Gasteiger partial charge in [-0.25, -0.2) is 4.79 Å². The third kappa shape index (κ3) is 3.63. The molecule has 34 heavy (non-hydrogen) atoms. The van der Waals surface area contributed by atoms with Crippen LogP contribution in [0.1, 0.15) is 16.8 Å². The van der Waals surface area contributed by atoms with Crippen LogP contribution in [0.2, 0.25) is 0 Å².